The highest BCUT2D eigenvalue weighted by Crippen LogP contribution is 2.23. The Bertz CT molecular complexity index is 815. The SMILES string of the molecule is CC(C)[C@H](N=C1NS(=O)(=O)c2ccccc21)C(=O)OCC(=O)N(C)C. The number of amides is 1. The number of hydrogen-bond donors (Lipinski definition) is 1. The third-order valence-corrected chi connectivity index (χ3v) is 5.04. The average molecular weight is 367 g/mol. The maximum Gasteiger partial charge on any atom is 0.331 e. The van der Waals surface area contributed by atoms with Crippen molar-refractivity contribution in [2.45, 2.75) is 24.8 Å². The second-order valence-electron chi connectivity index (χ2n) is 6.16. The molecule has 0 aliphatic carbocycles. The van der Waals surface area contributed by atoms with E-state index in [4.69, 9.17) is 4.74 Å². The maximum atomic E-state index is 12.3. The number of hydrogen-bond acceptors (Lipinski definition) is 6. The first-order valence-electron chi connectivity index (χ1n) is 7.70. The lowest BCUT2D eigenvalue weighted by atomic mass is 10.1. The molecule has 1 amide bonds. The van der Waals surface area contributed by atoms with Crippen molar-refractivity contribution in [3.8, 4) is 0 Å². The Morgan fingerprint density at radius 1 is 1.24 bits per heavy atom. The summed E-state index contributed by atoms with van der Waals surface area (Å²) in [5.41, 5.74) is 0.408. The molecule has 0 spiro atoms. The molecule has 1 aliphatic rings. The zero-order chi connectivity index (χ0) is 18.8. The van der Waals surface area contributed by atoms with E-state index in [-0.39, 0.29) is 29.2 Å². The molecule has 1 aliphatic heterocycles. The Morgan fingerprint density at radius 2 is 1.88 bits per heavy atom. The first kappa shape index (κ1) is 18.9. The Morgan fingerprint density at radius 3 is 2.48 bits per heavy atom. The van der Waals surface area contributed by atoms with E-state index in [1.165, 1.54) is 11.0 Å². The molecule has 0 saturated heterocycles. The van der Waals surface area contributed by atoms with Gasteiger partial charge >= 0.3 is 5.97 Å². The zero-order valence-electron chi connectivity index (χ0n) is 14.5. The lowest BCUT2D eigenvalue weighted by Gasteiger charge is -2.17. The molecule has 0 bridgehead atoms. The molecule has 1 aromatic rings. The van der Waals surface area contributed by atoms with Gasteiger partial charge in [0.25, 0.3) is 15.9 Å². The van der Waals surface area contributed by atoms with Crippen molar-refractivity contribution >= 4 is 27.7 Å². The molecular formula is C16H21N3O5S. The molecule has 2 rings (SSSR count). The van der Waals surface area contributed by atoms with Gasteiger partial charge in [0.05, 0.1) is 4.90 Å². The van der Waals surface area contributed by atoms with Gasteiger partial charge in [0.2, 0.25) is 0 Å². The van der Waals surface area contributed by atoms with Crippen molar-refractivity contribution in [2.24, 2.45) is 10.9 Å². The average Bonchev–Trinajstić information content (AvgIpc) is 2.80. The Balaban J connectivity index is 2.26. The molecule has 8 nitrogen and oxygen atoms in total. The van der Waals surface area contributed by atoms with Gasteiger partial charge < -0.3 is 9.64 Å². The minimum absolute atomic E-state index is 0.102. The highest BCUT2D eigenvalue weighted by molar-refractivity contribution is 7.90. The Labute approximate surface area is 146 Å². The van der Waals surface area contributed by atoms with E-state index in [0.29, 0.717) is 5.56 Å². The number of likely N-dealkylation sites (N-methyl/N-ethyl adjacent to an activating group) is 1. The van der Waals surface area contributed by atoms with Crippen LogP contribution in [0.3, 0.4) is 0 Å². The second kappa shape index (κ2) is 7.22. The highest BCUT2D eigenvalue weighted by Gasteiger charge is 2.33. The third kappa shape index (κ3) is 4.16. The van der Waals surface area contributed by atoms with Crippen molar-refractivity contribution in [3.63, 3.8) is 0 Å². The molecule has 1 heterocycles. The van der Waals surface area contributed by atoms with Crippen LogP contribution >= 0.6 is 0 Å². The van der Waals surface area contributed by atoms with Crippen LogP contribution in [0.4, 0.5) is 0 Å². The van der Waals surface area contributed by atoms with Gasteiger partial charge in [0, 0.05) is 19.7 Å². The van der Waals surface area contributed by atoms with Crippen LogP contribution in [0, 0.1) is 5.92 Å². The number of esters is 1. The Hall–Kier alpha value is -2.42. The smallest absolute Gasteiger partial charge is 0.331 e. The van der Waals surface area contributed by atoms with E-state index >= 15 is 0 Å². The van der Waals surface area contributed by atoms with Crippen LogP contribution in [0.2, 0.25) is 0 Å². The summed E-state index contributed by atoms with van der Waals surface area (Å²) in [5, 5.41) is 0. The van der Waals surface area contributed by atoms with E-state index < -0.39 is 22.0 Å². The van der Waals surface area contributed by atoms with Crippen molar-refractivity contribution in [1.29, 1.82) is 0 Å². The van der Waals surface area contributed by atoms with E-state index in [9.17, 15) is 18.0 Å². The van der Waals surface area contributed by atoms with Gasteiger partial charge in [0.15, 0.2) is 12.6 Å². The number of rotatable bonds is 5. The largest absolute Gasteiger partial charge is 0.454 e. The predicted molar refractivity (Wildman–Crippen MR) is 91.6 cm³/mol. The molecule has 1 aromatic carbocycles. The van der Waals surface area contributed by atoms with E-state index in [1.54, 1.807) is 46.1 Å². The number of benzene rings is 1. The van der Waals surface area contributed by atoms with Gasteiger partial charge in [-0.3, -0.25) is 14.5 Å². The molecule has 1 N–H and O–H groups in total. The fourth-order valence-electron chi connectivity index (χ4n) is 2.19. The fraction of sp³-hybridized carbons (Fsp3) is 0.438. The summed E-state index contributed by atoms with van der Waals surface area (Å²) < 4.78 is 31.6. The topological polar surface area (TPSA) is 105 Å². The number of carbonyl (C=O) groups excluding carboxylic acids is 2. The molecule has 0 radical (unpaired) electrons. The number of ether oxygens (including phenoxy) is 1. The summed E-state index contributed by atoms with van der Waals surface area (Å²) in [4.78, 5) is 29.5. The van der Waals surface area contributed by atoms with E-state index in [0.717, 1.165) is 0 Å². The Kier molecular flexibility index (Phi) is 5.46. The molecule has 9 heteroatoms. The van der Waals surface area contributed by atoms with Crippen molar-refractivity contribution in [1.82, 2.24) is 9.62 Å². The van der Waals surface area contributed by atoms with Crippen LogP contribution < -0.4 is 4.72 Å². The quantitative estimate of drug-likeness (QED) is 0.758. The molecule has 0 unspecified atom stereocenters. The van der Waals surface area contributed by atoms with Gasteiger partial charge in [-0.1, -0.05) is 26.0 Å². The number of fused-ring (bicyclic) bond motifs is 1. The molecule has 0 saturated carbocycles. The molecule has 25 heavy (non-hydrogen) atoms. The van der Waals surface area contributed by atoms with Crippen LogP contribution in [-0.4, -0.2) is 57.8 Å². The maximum absolute atomic E-state index is 12.3. The summed E-state index contributed by atoms with van der Waals surface area (Å²) in [5.74, 6) is -1.17. The summed E-state index contributed by atoms with van der Waals surface area (Å²) in [6, 6.07) is 5.46. The minimum Gasteiger partial charge on any atom is -0.454 e. The monoisotopic (exact) mass is 367 g/mol. The number of amidine groups is 1. The number of nitrogens with one attached hydrogen (secondary N) is 1. The van der Waals surface area contributed by atoms with Crippen LogP contribution in [0.5, 0.6) is 0 Å². The number of carbonyl (C=O) groups is 2. The molecule has 0 fully saturated rings. The second-order valence-corrected chi connectivity index (χ2v) is 7.81. The summed E-state index contributed by atoms with van der Waals surface area (Å²) in [6.45, 7) is 3.14. The summed E-state index contributed by atoms with van der Waals surface area (Å²) >= 11 is 0. The van der Waals surface area contributed by atoms with Crippen LogP contribution in [-0.2, 0) is 24.3 Å². The van der Waals surface area contributed by atoms with Gasteiger partial charge in [-0.2, -0.15) is 0 Å². The molecule has 0 aromatic heterocycles. The van der Waals surface area contributed by atoms with Crippen LogP contribution in [0.25, 0.3) is 0 Å². The zero-order valence-corrected chi connectivity index (χ0v) is 15.3. The standard InChI is InChI=1S/C16H21N3O5S/c1-10(2)14(16(21)24-9-13(20)19(3)4)17-15-11-7-5-6-8-12(11)25(22,23)18-15/h5-8,10,14H,9H2,1-4H3,(H,17,18)/t14-/m0/s1. The predicted octanol–water partition coefficient (Wildman–Crippen LogP) is 0.381. The normalized spacial score (nSPS) is 17.7. The van der Waals surface area contributed by atoms with E-state index in [2.05, 4.69) is 9.71 Å². The van der Waals surface area contributed by atoms with Crippen molar-refractivity contribution in [2.75, 3.05) is 20.7 Å². The van der Waals surface area contributed by atoms with Gasteiger partial charge in [0.1, 0.15) is 5.84 Å². The van der Waals surface area contributed by atoms with Gasteiger partial charge in [-0.15, -0.1) is 0 Å². The van der Waals surface area contributed by atoms with Crippen LogP contribution in [0.15, 0.2) is 34.2 Å². The van der Waals surface area contributed by atoms with Crippen LogP contribution in [0.1, 0.15) is 19.4 Å². The molecule has 136 valence electrons. The number of aliphatic imine (C=N–C) groups is 1. The van der Waals surface area contributed by atoms with Crippen molar-refractivity contribution < 1.29 is 22.7 Å². The summed E-state index contributed by atoms with van der Waals surface area (Å²) in [6.07, 6.45) is 0. The fourth-order valence-corrected chi connectivity index (χ4v) is 3.43. The van der Waals surface area contributed by atoms with Gasteiger partial charge in [-0.25, -0.2) is 13.2 Å². The highest BCUT2D eigenvalue weighted by atomic mass is 32.2. The lowest BCUT2D eigenvalue weighted by molar-refractivity contribution is -0.152. The number of nitrogens with zero attached hydrogens (tertiary/aromatic N) is 2. The van der Waals surface area contributed by atoms with Crippen molar-refractivity contribution in [3.05, 3.63) is 29.8 Å². The first-order chi connectivity index (χ1) is 11.6. The lowest BCUT2D eigenvalue weighted by Crippen LogP contribution is -2.34. The minimum atomic E-state index is -3.68. The van der Waals surface area contributed by atoms with Gasteiger partial charge in [-0.05, 0) is 18.1 Å². The first-order valence-corrected chi connectivity index (χ1v) is 9.18. The van der Waals surface area contributed by atoms with E-state index in [1.807, 2.05) is 0 Å². The summed E-state index contributed by atoms with van der Waals surface area (Å²) in [7, 11) is -0.570. The third-order valence-electron chi connectivity index (χ3n) is 3.64. The number of sulfonamides is 1. The molecular weight excluding hydrogens is 346 g/mol. The molecule has 1 atom stereocenters.